The first kappa shape index (κ1) is 16.7. The molecular formula is C22H22FN3. The summed E-state index contributed by atoms with van der Waals surface area (Å²) < 4.78 is 12.9. The Morgan fingerprint density at radius 1 is 0.846 bits per heavy atom. The molecule has 1 heterocycles. The van der Waals surface area contributed by atoms with Crippen LogP contribution in [0.25, 0.3) is 10.8 Å². The van der Waals surface area contributed by atoms with Gasteiger partial charge in [0.25, 0.3) is 0 Å². The summed E-state index contributed by atoms with van der Waals surface area (Å²) in [7, 11) is 0. The maximum absolute atomic E-state index is 12.9. The molecule has 0 bridgehead atoms. The molecule has 3 nitrogen and oxygen atoms in total. The molecule has 0 saturated carbocycles. The van der Waals surface area contributed by atoms with Gasteiger partial charge in [0.05, 0.1) is 6.21 Å². The molecule has 1 aliphatic heterocycles. The molecule has 0 amide bonds. The van der Waals surface area contributed by atoms with Gasteiger partial charge in [-0.15, -0.1) is 0 Å². The summed E-state index contributed by atoms with van der Waals surface area (Å²) in [6, 6.07) is 21.5. The van der Waals surface area contributed by atoms with Gasteiger partial charge in [-0.1, -0.05) is 54.6 Å². The van der Waals surface area contributed by atoms with E-state index in [1.54, 1.807) is 18.3 Å². The van der Waals surface area contributed by atoms with Crippen LogP contribution in [0.4, 0.5) is 4.39 Å². The number of fused-ring (bicyclic) bond motifs is 1. The van der Waals surface area contributed by atoms with Crippen LogP contribution in [-0.2, 0) is 6.54 Å². The zero-order chi connectivity index (χ0) is 17.8. The number of hydrogen-bond acceptors (Lipinski definition) is 3. The van der Waals surface area contributed by atoms with Gasteiger partial charge in [-0.05, 0) is 34.0 Å². The van der Waals surface area contributed by atoms with E-state index in [1.807, 2.05) is 0 Å². The Morgan fingerprint density at radius 3 is 2.38 bits per heavy atom. The van der Waals surface area contributed by atoms with Crippen molar-refractivity contribution in [1.29, 1.82) is 0 Å². The molecular weight excluding hydrogens is 325 g/mol. The third kappa shape index (κ3) is 3.92. The highest BCUT2D eigenvalue weighted by molar-refractivity contribution is 5.85. The van der Waals surface area contributed by atoms with Crippen molar-refractivity contribution in [2.75, 3.05) is 26.2 Å². The number of nitrogens with zero attached hydrogens (tertiary/aromatic N) is 3. The van der Waals surface area contributed by atoms with E-state index in [1.165, 1.54) is 28.5 Å². The lowest BCUT2D eigenvalue weighted by Crippen LogP contribution is -2.43. The summed E-state index contributed by atoms with van der Waals surface area (Å²) in [6.45, 7) is 4.76. The SMILES string of the molecule is Fc1ccc(/C=N/N2CCN(Cc3cccc4ccccc34)CC2)cc1. The fourth-order valence-corrected chi connectivity index (χ4v) is 3.38. The summed E-state index contributed by atoms with van der Waals surface area (Å²) in [4.78, 5) is 2.48. The molecule has 3 aromatic carbocycles. The first-order valence-corrected chi connectivity index (χ1v) is 9.01. The van der Waals surface area contributed by atoms with Gasteiger partial charge in [0.15, 0.2) is 0 Å². The fourth-order valence-electron chi connectivity index (χ4n) is 3.38. The third-order valence-corrected chi connectivity index (χ3v) is 4.86. The smallest absolute Gasteiger partial charge is 0.123 e. The topological polar surface area (TPSA) is 18.8 Å². The Balaban J connectivity index is 1.35. The predicted molar refractivity (Wildman–Crippen MR) is 105 cm³/mol. The molecule has 0 N–H and O–H groups in total. The lowest BCUT2D eigenvalue weighted by molar-refractivity contribution is 0.131. The van der Waals surface area contributed by atoms with Gasteiger partial charge in [0, 0.05) is 32.7 Å². The second-order valence-electron chi connectivity index (χ2n) is 6.66. The van der Waals surface area contributed by atoms with Crippen LogP contribution in [0.3, 0.4) is 0 Å². The zero-order valence-corrected chi connectivity index (χ0v) is 14.7. The third-order valence-electron chi connectivity index (χ3n) is 4.86. The molecule has 0 spiro atoms. The predicted octanol–water partition coefficient (Wildman–Crippen LogP) is 4.13. The standard InChI is InChI=1S/C22H22FN3/c23-21-10-8-18(9-11-21)16-24-26-14-12-25(13-15-26)17-20-6-3-5-19-4-1-2-7-22(19)20/h1-11,16H,12-15,17H2/b24-16+. The highest BCUT2D eigenvalue weighted by Gasteiger charge is 2.16. The minimum atomic E-state index is -0.218. The van der Waals surface area contributed by atoms with E-state index >= 15 is 0 Å². The van der Waals surface area contributed by atoms with Crippen LogP contribution in [0.1, 0.15) is 11.1 Å². The van der Waals surface area contributed by atoms with E-state index in [-0.39, 0.29) is 5.82 Å². The number of rotatable bonds is 4. The molecule has 0 aromatic heterocycles. The van der Waals surface area contributed by atoms with Gasteiger partial charge in [-0.2, -0.15) is 5.10 Å². The quantitative estimate of drug-likeness (QED) is 0.661. The van der Waals surface area contributed by atoms with Crippen molar-refractivity contribution in [3.8, 4) is 0 Å². The Morgan fingerprint density at radius 2 is 1.58 bits per heavy atom. The number of piperazine rings is 1. The van der Waals surface area contributed by atoms with Crippen LogP contribution in [0, 0.1) is 5.82 Å². The number of halogens is 1. The van der Waals surface area contributed by atoms with E-state index in [2.05, 4.69) is 57.5 Å². The first-order chi connectivity index (χ1) is 12.8. The van der Waals surface area contributed by atoms with Crippen molar-refractivity contribution in [1.82, 2.24) is 9.91 Å². The van der Waals surface area contributed by atoms with Gasteiger partial charge < -0.3 is 0 Å². The van der Waals surface area contributed by atoms with Crippen LogP contribution < -0.4 is 0 Å². The summed E-state index contributed by atoms with van der Waals surface area (Å²) in [5, 5.41) is 9.26. The Kier molecular flexibility index (Phi) is 4.93. The molecule has 26 heavy (non-hydrogen) atoms. The van der Waals surface area contributed by atoms with Gasteiger partial charge in [-0.3, -0.25) is 9.91 Å². The van der Waals surface area contributed by atoms with Crippen molar-refractivity contribution in [2.45, 2.75) is 6.54 Å². The summed E-state index contributed by atoms with van der Waals surface area (Å²) in [5.74, 6) is -0.218. The van der Waals surface area contributed by atoms with Crippen molar-refractivity contribution in [3.63, 3.8) is 0 Å². The highest BCUT2D eigenvalue weighted by atomic mass is 19.1. The van der Waals surface area contributed by atoms with E-state index in [0.29, 0.717) is 0 Å². The molecule has 3 aromatic rings. The average Bonchev–Trinajstić information content (AvgIpc) is 2.69. The van der Waals surface area contributed by atoms with E-state index in [0.717, 1.165) is 38.3 Å². The van der Waals surface area contributed by atoms with E-state index < -0.39 is 0 Å². The first-order valence-electron chi connectivity index (χ1n) is 9.01. The molecule has 4 heteroatoms. The molecule has 132 valence electrons. The summed E-state index contributed by atoms with van der Waals surface area (Å²) in [6.07, 6.45) is 1.81. The Labute approximate surface area is 153 Å². The molecule has 0 radical (unpaired) electrons. The summed E-state index contributed by atoms with van der Waals surface area (Å²) >= 11 is 0. The molecule has 0 unspecified atom stereocenters. The lowest BCUT2D eigenvalue weighted by Gasteiger charge is -2.33. The number of hydrazone groups is 1. The average molecular weight is 347 g/mol. The summed E-state index contributed by atoms with van der Waals surface area (Å²) in [5.41, 5.74) is 2.30. The van der Waals surface area contributed by atoms with Crippen LogP contribution >= 0.6 is 0 Å². The van der Waals surface area contributed by atoms with E-state index in [9.17, 15) is 4.39 Å². The van der Waals surface area contributed by atoms with Crippen molar-refractivity contribution < 1.29 is 4.39 Å². The van der Waals surface area contributed by atoms with Crippen LogP contribution in [0.15, 0.2) is 71.8 Å². The van der Waals surface area contributed by atoms with Gasteiger partial charge >= 0.3 is 0 Å². The van der Waals surface area contributed by atoms with Gasteiger partial charge in [-0.25, -0.2) is 4.39 Å². The van der Waals surface area contributed by atoms with Crippen LogP contribution in [-0.4, -0.2) is 42.3 Å². The maximum Gasteiger partial charge on any atom is 0.123 e. The zero-order valence-electron chi connectivity index (χ0n) is 14.7. The lowest BCUT2D eigenvalue weighted by atomic mass is 10.0. The van der Waals surface area contributed by atoms with Gasteiger partial charge in [0.1, 0.15) is 5.82 Å². The van der Waals surface area contributed by atoms with Gasteiger partial charge in [0.2, 0.25) is 0 Å². The molecule has 1 saturated heterocycles. The highest BCUT2D eigenvalue weighted by Crippen LogP contribution is 2.20. The minimum absolute atomic E-state index is 0.218. The van der Waals surface area contributed by atoms with Crippen LogP contribution in [0.2, 0.25) is 0 Å². The van der Waals surface area contributed by atoms with Crippen molar-refractivity contribution in [2.24, 2.45) is 5.10 Å². The molecule has 0 atom stereocenters. The normalized spacial score (nSPS) is 15.8. The van der Waals surface area contributed by atoms with Crippen molar-refractivity contribution >= 4 is 17.0 Å². The van der Waals surface area contributed by atoms with Crippen LogP contribution in [0.5, 0.6) is 0 Å². The second-order valence-corrected chi connectivity index (χ2v) is 6.66. The van der Waals surface area contributed by atoms with Crippen molar-refractivity contribution in [3.05, 3.63) is 83.7 Å². The second kappa shape index (κ2) is 7.67. The Hall–Kier alpha value is -2.72. The monoisotopic (exact) mass is 347 g/mol. The Bertz CT molecular complexity index is 891. The molecule has 4 rings (SSSR count). The molecule has 0 aliphatic carbocycles. The van der Waals surface area contributed by atoms with E-state index in [4.69, 9.17) is 0 Å². The largest absolute Gasteiger partial charge is 0.295 e. The fraction of sp³-hybridized carbons (Fsp3) is 0.227. The number of hydrogen-bond donors (Lipinski definition) is 0. The molecule has 1 aliphatic rings. The minimum Gasteiger partial charge on any atom is -0.295 e. The maximum atomic E-state index is 12.9. The number of benzene rings is 3. The molecule has 1 fully saturated rings.